The molecule has 3 aromatic carbocycles. The Morgan fingerprint density at radius 1 is 1.10 bits per heavy atom. The number of benzene rings is 3. The Hall–Kier alpha value is -3.92. The number of ether oxygens (including phenoxy) is 1. The number of nitriles is 1. The number of nitro benzene ring substituents is 1. The lowest BCUT2D eigenvalue weighted by molar-refractivity contribution is -0.385. The first kappa shape index (κ1) is 19.8. The van der Waals surface area contributed by atoms with Crippen LogP contribution < -0.4 is 4.74 Å². The molecule has 0 atom stereocenters. The van der Waals surface area contributed by atoms with Crippen molar-refractivity contribution in [2.75, 3.05) is 0 Å². The molecule has 0 aliphatic carbocycles. The van der Waals surface area contributed by atoms with Crippen LogP contribution in [0.5, 0.6) is 11.5 Å². The Labute approximate surface area is 166 Å². The number of carboxylic acids is 1. The summed E-state index contributed by atoms with van der Waals surface area (Å²) in [5.41, 5.74) is -0.159. The maximum Gasteiger partial charge on any atom is 0.339 e. The van der Waals surface area contributed by atoms with Gasteiger partial charge in [0, 0.05) is 6.07 Å². The molecular weight excluding hydrogens is 372 g/mol. The van der Waals surface area contributed by atoms with E-state index in [0.717, 1.165) is 16.8 Å². The van der Waals surface area contributed by atoms with Gasteiger partial charge >= 0.3 is 5.97 Å². The largest absolute Gasteiger partial charge is 0.478 e. The minimum Gasteiger partial charge on any atom is -0.478 e. The summed E-state index contributed by atoms with van der Waals surface area (Å²) in [5, 5.41) is 31.8. The molecule has 0 bridgehead atoms. The van der Waals surface area contributed by atoms with E-state index >= 15 is 0 Å². The van der Waals surface area contributed by atoms with Crippen molar-refractivity contribution in [2.45, 2.75) is 26.2 Å². The van der Waals surface area contributed by atoms with Crippen molar-refractivity contribution in [3.8, 4) is 17.6 Å². The van der Waals surface area contributed by atoms with Crippen molar-refractivity contribution in [3.05, 3.63) is 75.3 Å². The summed E-state index contributed by atoms with van der Waals surface area (Å²) in [5.74, 6) is -0.978. The molecular formula is C22H18N2O5. The highest BCUT2D eigenvalue weighted by atomic mass is 16.6. The second-order valence-corrected chi connectivity index (χ2v) is 7.62. The van der Waals surface area contributed by atoms with Crippen molar-refractivity contribution in [2.24, 2.45) is 0 Å². The van der Waals surface area contributed by atoms with Crippen molar-refractivity contribution in [3.63, 3.8) is 0 Å². The van der Waals surface area contributed by atoms with Crippen LogP contribution in [0.2, 0.25) is 0 Å². The van der Waals surface area contributed by atoms with Crippen LogP contribution in [-0.2, 0) is 5.41 Å². The Bertz CT molecular complexity index is 1190. The predicted molar refractivity (Wildman–Crippen MR) is 107 cm³/mol. The SMILES string of the molecule is CC(C)(C)c1cc([N+](=O)[O-])cc(Oc2ccc3cc(C#N)ccc3c2)c1C(=O)O. The summed E-state index contributed by atoms with van der Waals surface area (Å²) in [6.07, 6.45) is 0. The molecule has 1 N–H and O–H groups in total. The zero-order valence-corrected chi connectivity index (χ0v) is 16.1. The first-order chi connectivity index (χ1) is 13.6. The highest BCUT2D eigenvalue weighted by molar-refractivity contribution is 5.94. The molecule has 0 spiro atoms. The Balaban J connectivity index is 2.16. The van der Waals surface area contributed by atoms with Crippen molar-refractivity contribution in [1.29, 1.82) is 5.26 Å². The minimum atomic E-state index is -1.22. The van der Waals surface area contributed by atoms with Crippen LogP contribution >= 0.6 is 0 Å². The molecule has 3 rings (SSSR count). The molecule has 0 amide bonds. The van der Waals surface area contributed by atoms with Gasteiger partial charge in [0.05, 0.1) is 22.6 Å². The van der Waals surface area contributed by atoms with Gasteiger partial charge in [-0.15, -0.1) is 0 Å². The second-order valence-electron chi connectivity index (χ2n) is 7.62. The maximum absolute atomic E-state index is 12.0. The fourth-order valence-corrected chi connectivity index (χ4v) is 3.08. The molecule has 146 valence electrons. The highest BCUT2D eigenvalue weighted by Crippen LogP contribution is 2.38. The van der Waals surface area contributed by atoms with E-state index in [4.69, 9.17) is 10.00 Å². The van der Waals surface area contributed by atoms with Crippen molar-refractivity contribution < 1.29 is 19.6 Å². The Morgan fingerprint density at radius 2 is 1.76 bits per heavy atom. The lowest BCUT2D eigenvalue weighted by Crippen LogP contribution is -2.18. The van der Waals surface area contributed by atoms with Crippen LogP contribution in [0.4, 0.5) is 5.69 Å². The normalized spacial score (nSPS) is 11.1. The molecule has 0 aliphatic heterocycles. The lowest BCUT2D eigenvalue weighted by atomic mass is 9.83. The minimum absolute atomic E-state index is 0.0929. The van der Waals surface area contributed by atoms with Crippen LogP contribution in [0, 0.1) is 21.4 Å². The summed E-state index contributed by atoms with van der Waals surface area (Å²) in [4.78, 5) is 22.8. The molecule has 29 heavy (non-hydrogen) atoms. The van der Waals surface area contributed by atoms with Gasteiger partial charge in [-0.2, -0.15) is 5.26 Å². The number of hydrogen-bond acceptors (Lipinski definition) is 5. The Kier molecular flexibility index (Phi) is 4.95. The van der Waals surface area contributed by atoms with E-state index in [2.05, 4.69) is 6.07 Å². The van der Waals surface area contributed by atoms with Gasteiger partial charge in [-0.05, 0) is 46.0 Å². The van der Waals surface area contributed by atoms with Gasteiger partial charge in [0.1, 0.15) is 17.1 Å². The van der Waals surface area contributed by atoms with Gasteiger partial charge in [-0.25, -0.2) is 4.79 Å². The number of fused-ring (bicyclic) bond motifs is 1. The van der Waals surface area contributed by atoms with Gasteiger partial charge in [-0.1, -0.05) is 32.9 Å². The predicted octanol–water partition coefficient (Wildman–Crippen LogP) is 5.41. The summed E-state index contributed by atoms with van der Waals surface area (Å²) >= 11 is 0. The summed E-state index contributed by atoms with van der Waals surface area (Å²) < 4.78 is 5.81. The van der Waals surface area contributed by atoms with E-state index in [9.17, 15) is 20.0 Å². The molecule has 7 heteroatoms. The fraction of sp³-hybridized carbons (Fsp3) is 0.182. The van der Waals surface area contributed by atoms with E-state index in [1.165, 1.54) is 6.07 Å². The monoisotopic (exact) mass is 390 g/mol. The molecule has 0 unspecified atom stereocenters. The van der Waals surface area contributed by atoms with Crippen LogP contribution in [0.25, 0.3) is 10.8 Å². The van der Waals surface area contributed by atoms with Gasteiger partial charge in [0.2, 0.25) is 0 Å². The lowest BCUT2D eigenvalue weighted by Gasteiger charge is -2.23. The number of aromatic carboxylic acids is 1. The smallest absolute Gasteiger partial charge is 0.339 e. The number of nitrogens with zero attached hydrogens (tertiary/aromatic N) is 2. The number of hydrogen-bond donors (Lipinski definition) is 1. The van der Waals surface area contributed by atoms with Gasteiger partial charge in [0.25, 0.3) is 5.69 Å². The first-order valence-corrected chi connectivity index (χ1v) is 8.78. The molecule has 0 aliphatic rings. The molecule has 0 aromatic heterocycles. The second kappa shape index (κ2) is 7.24. The fourth-order valence-electron chi connectivity index (χ4n) is 3.08. The van der Waals surface area contributed by atoms with Crippen LogP contribution in [-0.4, -0.2) is 16.0 Å². The number of carboxylic acid groups (broad SMARTS) is 1. The van der Waals surface area contributed by atoms with Crippen LogP contribution in [0.3, 0.4) is 0 Å². The standard InChI is InChI=1S/C22H18N2O5/c1-22(2,3)18-10-16(24(27)28)11-19(20(18)21(25)26)29-17-7-6-14-8-13(12-23)4-5-15(14)9-17/h4-11H,1-3H3,(H,25,26). The topological polar surface area (TPSA) is 113 Å². The average Bonchev–Trinajstić information content (AvgIpc) is 2.65. The van der Waals surface area contributed by atoms with Crippen molar-refractivity contribution in [1.82, 2.24) is 0 Å². The Morgan fingerprint density at radius 3 is 2.34 bits per heavy atom. The maximum atomic E-state index is 12.0. The van der Waals surface area contributed by atoms with Crippen LogP contribution in [0.15, 0.2) is 48.5 Å². The molecule has 7 nitrogen and oxygen atoms in total. The zero-order chi connectivity index (χ0) is 21.3. The molecule has 0 saturated carbocycles. The zero-order valence-electron chi connectivity index (χ0n) is 16.1. The number of nitro groups is 1. The van der Waals surface area contributed by atoms with E-state index in [1.807, 2.05) is 0 Å². The third kappa shape index (κ3) is 4.01. The molecule has 0 fully saturated rings. The molecule has 0 radical (unpaired) electrons. The quantitative estimate of drug-likeness (QED) is 0.471. The van der Waals surface area contributed by atoms with Gasteiger partial charge < -0.3 is 9.84 Å². The van der Waals surface area contributed by atoms with E-state index < -0.39 is 16.3 Å². The van der Waals surface area contributed by atoms with E-state index in [-0.39, 0.29) is 17.0 Å². The van der Waals surface area contributed by atoms with E-state index in [0.29, 0.717) is 16.9 Å². The molecule has 0 heterocycles. The average molecular weight is 390 g/mol. The van der Waals surface area contributed by atoms with Gasteiger partial charge in [-0.3, -0.25) is 10.1 Å². The summed E-state index contributed by atoms with van der Waals surface area (Å²) in [6, 6.07) is 14.7. The molecule has 3 aromatic rings. The van der Waals surface area contributed by atoms with Crippen LogP contribution in [0.1, 0.15) is 42.3 Å². The highest BCUT2D eigenvalue weighted by Gasteiger charge is 2.29. The summed E-state index contributed by atoms with van der Waals surface area (Å²) in [7, 11) is 0. The first-order valence-electron chi connectivity index (χ1n) is 8.78. The van der Waals surface area contributed by atoms with E-state index in [1.54, 1.807) is 57.2 Å². The third-order valence-electron chi connectivity index (χ3n) is 4.49. The van der Waals surface area contributed by atoms with Gasteiger partial charge in [0.15, 0.2) is 0 Å². The summed E-state index contributed by atoms with van der Waals surface area (Å²) in [6.45, 7) is 5.35. The number of rotatable bonds is 4. The third-order valence-corrected chi connectivity index (χ3v) is 4.49. The number of non-ortho nitro benzene ring substituents is 1. The van der Waals surface area contributed by atoms with Crippen molar-refractivity contribution >= 4 is 22.4 Å². The molecule has 0 saturated heterocycles. The number of carbonyl (C=O) groups is 1.